The highest BCUT2D eigenvalue weighted by atomic mass is 19.4. The number of piperidine rings is 1. The van der Waals surface area contributed by atoms with Crippen LogP contribution in [0.5, 0.6) is 0 Å². The van der Waals surface area contributed by atoms with E-state index in [0.717, 1.165) is 29.0 Å². The normalized spacial score (nSPS) is 20.3. The summed E-state index contributed by atoms with van der Waals surface area (Å²) in [6, 6.07) is 4.06. The van der Waals surface area contributed by atoms with Crippen LogP contribution >= 0.6 is 0 Å². The molecular weight excluding hydrogens is 303 g/mol. The van der Waals surface area contributed by atoms with Crippen molar-refractivity contribution in [3.63, 3.8) is 0 Å². The predicted octanol–water partition coefficient (Wildman–Crippen LogP) is 4.00. The van der Waals surface area contributed by atoms with E-state index >= 15 is 0 Å². The van der Waals surface area contributed by atoms with Crippen LogP contribution in [0.15, 0.2) is 12.1 Å². The Bertz CT molecular complexity index is 690. The molecule has 0 radical (unpaired) electrons. The average Bonchev–Trinajstić information content (AvgIpc) is 2.92. The van der Waals surface area contributed by atoms with E-state index in [-0.39, 0.29) is 13.0 Å². The minimum absolute atomic E-state index is 0.113. The van der Waals surface area contributed by atoms with Crippen LogP contribution in [0.3, 0.4) is 0 Å². The Morgan fingerprint density at radius 2 is 2.09 bits per heavy atom. The molecule has 1 aromatic carbocycles. The van der Waals surface area contributed by atoms with Crippen LogP contribution in [-0.2, 0) is 6.42 Å². The number of nitrogens with zero attached hydrogens (tertiary/aromatic N) is 2. The number of fused-ring (bicyclic) bond motifs is 1. The van der Waals surface area contributed by atoms with Crippen molar-refractivity contribution in [2.75, 3.05) is 19.6 Å². The highest BCUT2D eigenvalue weighted by molar-refractivity contribution is 5.79. The van der Waals surface area contributed by atoms with Gasteiger partial charge in [0.2, 0.25) is 0 Å². The molecule has 1 atom stereocenters. The van der Waals surface area contributed by atoms with Crippen molar-refractivity contribution in [1.29, 1.82) is 0 Å². The van der Waals surface area contributed by atoms with Crippen molar-refractivity contribution >= 4 is 11.0 Å². The molecule has 1 unspecified atom stereocenters. The van der Waals surface area contributed by atoms with Crippen LogP contribution in [0.1, 0.15) is 29.8 Å². The molecule has 0 spiro atoms. The molecule has 2 aromatic rings. The molecule has 23 heavy (non-hydrogen) atoms. The van der Waals surface area contributed by atoms with Gasteiger partial charge in [-0.05, 0) is 50.4 Å². The van der Waals surface area contributed by atoms with Crippen molar-refractivity contribution < 1.29 is 13.2 Å². The maximum atomic E-state index is 12.9. The van der Waals surface area contributed by atoms with Crippen LogP contribution < -0.4 is 0 Å². The first kappa shape index (κ1) is 16.3. The van der Waals surface area contributed by atoms with Gasteiger partial charge in [0.1, 0.15) is 5.82 Å². The number of H-pyrrole nitrogens is 1. The number of aromatic nitrogens is 2. The molecule has 1 N–H and O–H groups in total. The van der Waals surface area contributed by atoms with Gasteiger partial charge in [0.05, 0.1) is 17.0 Å². The third-order valence-corrected chi connectivity index (χ3v) is 4.86. The Labute approximate surface area is 133 Å². The highest BCUT2D eigenvalue weighted by Crippen LogP contribution is 2.33. The molecule has 2 heterocycles. The third-order valence-electron chi connectivity index (χ3n) is 4.86. The molecule has 126 valence electrons. The quantitative estimate of drug-likeness (QED) is 0.925. The second-order valence-corrected chi connectivity index (χ2v) is 6.52. The van der Waals surface area contributed by atoms with E-state index in [1.165, 1.54) is 5.56 Å². The fourth-order valence-corrected chi connectivity index (χ4v) is 3.27. The molecular formula is C17H22F3N3. The summed E-state index contributed by atoms with van der Waals surface area (Å²) in [5.74, 6) is -0.334. The summed E-state index contributed by atoms with van der Waals surface area (Å²) in [5, 5.41) is 0. The smallest absolute Gasteiger partial charge is 0.342 e. The summed E-state index contributed by atoms with van der Waals surface area (Å²) in [6.07, 6.45) is -2.56. The van der Waals surface area contributed by atoms with E-state index in [1.807, 2.05) is 24.8 Å². The van der Waals surface area contributed by atoms with Gasteiger partial charge in [-0.15, -0.1) is 0 Å². The zero-order chi connectivity index (χ0) is 16.6. The van der Waals surface area contributed by atoms with Crippen molar-refractivity contribution in [3.05, 3.63) is 29.1 Å². The lowest BCUT2D eigenvalue weighted by Crippen LogP contribution is -2.42. The molecule has 1 fully saturated rings. The number of aromatic amines is 1. The Balaban J connectivity index is 1.65. The SMILES string of the molecule is Cc1ccc2[nH]c(CCN3CCCC(C(F)(F)F)C3)nc2c1C. The standard InChI is InChI=1S/C17H22F3N3/c1-11-5-6-14-16(12(11)2)22-15(21-14)7-9-23-8-3-4-13(10-23)17(18,19)20/h5-6,13H,3-4,7-10H2,1-2H3,(H,21,22). The van der Waals surface area contributed by atoms with Crippen LogP contribution in [0.2, 0.25) is 0 Å². The van der Waals surface area contributed by atoms with E-state index < -0.39 is 12.1 Å². The topological polar surface area (TPSA) is 31.9 Å². The van der Waals surface area contributed by atoms with Crippen molar-refractivity contribution in [3.8, 4) is 0 Å². The summed E-state index contributed by atoms with van der Waals surface area (Å²) in [5.41, 5.74) is 4.31. The molecule has 1 aliphatic rings. The van der Waals surface area contributed by atoms with E-state index in [1.54, 1.807) is 0 Å². The van der Waals surface area contributed by atoms with Gasteiger partial charge in [-0.25, -0.2) is 4.98 Å². The first-order chi connectivity index (χ1) is 10.8. The average molecular weight is 325 g/mol. The molecule has 6 heteroatoms. The molecule has 1 aliphatic heterocycles. The minimum Gasteiger partial charge on any atom is -0.342 e. The maximum Gasteiger partial charge on any atom is 0.393 e. The molecule has 3 rings (SSSR count). The number of aryl methyl sites for hydroxylation is 2. The second-order valence-electron chi connectivity index (χ2n) is 6.52. The lowest BCUT2D eigenvalue weighted by Gasteiger charge is -2.33. The fraction of sp³-hybridized carbons (Fsp3) is 0.588. The van der Waals surface area contributed by atoms with Crippen LogP contribution in [-0.4, -0.2) is 40.7 Å². The number of nitrogens with one attached hydrogen (secondary N) is 1. The lowest BCUT2D eigenvalue weighted by atomic mass is 9.97. The molecule has 3 nitrogen and oxygen atoms in total. The third kappa shape index (κ3) is 3.52. The molecule has 0 bridgehead atoms. The first-order valence-corrected chi connectivity index (χ1v) is 8.08. The number of rotatable bonds is 3. The van der Waals surface area contributed by atoms with Crippen molar-refractivity contribution in [1.82, 2.24) is 14.9 Å². The highest BCUT2D eigenvalue weighted by Gasteiger charge is 2.41. The van der Waals surface area contributed by atoms with E-state index in [2.05, 4.69) is 16.0 Å². The number of hydrogen-bond acceptors (Lipinski definition) is 2. The molecule has 0 aliphatic carbocycles. The Morgan fingerprint density at radius 1 is 1.30 bits per heavy atom. The van der Waals surface area contributed by atoms with Gasteiger partial charge >= 0.3 is 6.18 Å². The van der Waals surface area contributed by atoms with E-state index in [4.69, 9.17) is 0 Å². The number of halogens is 3. The Kier molecular flexibility index (Phi) is 4.36. The summed E-state index contributed by atoms with van der Waals surface area (Å²) >= 11 is 0. The van der Waals surface area contributed by atoms with Crippen molar-refractivity contribution in [2.24, 2.45) is 5.92 Å². The van der Waals surface area contributed by atoms with Crippen LogP contribution in [0.25, 0.3) is 11.0 Å². The van der Waals surface area contributed by atoms with Crippen LogP contribution in [0.4, 0.5) is 13.2 Å². The molecule has 1 aromatic heterocycles. The zero-order valence-electron chi connectivity index (χ0n) is 13.5. The lowest BCUT2D eigenvalue weighted by molar-refractivity contribution is -0.186. The van der Waals surface area contributed by atoms with Crippen LogP contribution in [0, 0.1) is 19.8 Å². The number of hydrogen-bond donors (Lipinski definition) is 1. The van der Waals surface area contributed by atoms with Gasteiger partial charge in [-0.3, -0.25) is 0 Å². The fourth-order valence-electron chi connectivity index (χ4n) is 3.27. The maximum absolute atomic E-state index is 12.9. The van der Waals surface area contributed by atoms with Gasteiger partial charge in [0, 0.05) is 19.5 Å². The number of benzene rings is 1. The van der Waals surface area contributed by atoms with Gasteiger partial charge in [0.15, 0.2) is 0 Å². The monoisotopic (exact) mass is 325 g/mol. The minimum atomic E-state index is -4.08. The number of alkyl halides is 3. The summed E-state index contributed by atoms with van der Waals surface area (Å²) in [4.78, 5) is 9.82. The second kappa shape index (κ2) is 6.15. The Hall–Kier alpha value is -1.56. The number of imidazole rings is 1. The first-order valence-electron chi connectivity index (χ1n) is 8.08. The molecule has 0 amide bonds. The molecule has 0 saturated carbocycles. The largest absolute Gasteiger partial charge is 0.393 e. The van der Waals surface area contributed by atoms with E-state index in [0.29, 0.717) is 19.4 Å². The number of likely N-dealkylation sites (tertiary alicyclic amines) is 1. The molecule has 1 saturated heterocycles. The van der Waals surface area contributed by atoms with E-state index in [9.17, 15) is 13.2 Å². The van der Waals surface area contributed by atoms with Gasteiger partial charge in [-0.2, -0.15) is 13.2 Å². The summed E-state index contributed by atoms with van der Waals surface area (Å²) in [6.45, 7) is 5.56. The zero-order valence-corrected chi connectivity index (χ0v) is 13.5. The van der Waals surface area contributed by atoms with Gasteiger partial charge in [-0.1, -0.05) is 6.07 Å². The van der Waals surface area contributed by atoms with Crippen molar-refractivity contribution in [2.45, 2.75) is 39.3 Å². The summed E-state index contributed by atoms with van der Waals surface area (Å²) in [7, 11) is 0. The van der Waals surface area contributed by atoms with Gasteiger partial charge in [0.25, 0.3) is 0 Å². The van der Waals surface area contributed by atoms with Gasteiger partial charge < -0.3 is 9.88 Å². The predicted molar refractivity (Wildman–Crippen MR) is 84.5 cm³/mol. The Morgan fingerprint density at radius 3 is 2.83 bits per heavy atom. The summed E-state index contributed by atoms with van der Waals surface area (Å²) < 4.78 is 38.6.